The van der Waals surface area contributed by atoms with E-state index in [4.69, 9.17) is 5.26 Å². The summed E-state index contributed by atoms with van der Waals surface area (Å²) in [6.07, 6.45) is -1.16. The van der Waals surface area contributed by atoms with Gasteiger partial charge in [0.15, 0.2) is 12.0 Å². The maximum Gasteiger partial charge on any atom is 0.240 e. The first-order valence-corrected chi connectivity index (χ1v) is 7.53. The summed E-state index contributed by atoms with van der Waals surface area (Å²) in [7, 11) is -1.66. The minimum Gasteiger partial charge on any atom is -0.250 e. The zero-order valence-corrected chi connectivity index (χ0v) is 11.6. The average molecular weight is 308 g/mol. The molecule has 0 bridgehead atoms. The molecule has 21 heavy (non-hydrogen) atoms. The maximum atomic E-state index is 14.0. The van der Waals surface area contributed by atoms with Crippen LogP contribution in [0, 0.1) is 17.1 Å². The van der Waals surface area contributed by atoms with Gasteiger partial charge in [-0.15, -0.1) is 5.10 Å². The lowest BCUT2D eigenvalue weighted by atomic mass is 10.0. The Kier molecular flexibility index (Phi) is 3.51. The van der Waals surface area contributed by atoms with Gasteiger partial charge in [0.1, 0.15) is 22.4 Å². The van der Waals surface area contributed by atoms with Crippen LogP contribution in [0.25, 0.3) is 0 Å². The fraction of sp³-hybridized carbons (Fsp3) is 0.308. The standard InChI is InChI=1S/C13H10F2N4OS/c14-9-3-1-8(2-4-9)11-7-10(15)12-17-13(18-19(11)12)21(20)6-5-16/h1-4,10-11H,6-7H2/t10-,11-,21-/m0/s1. The molecule has 2 aromatic rings. The molecule has 0 unspecified atom stereocenters. The van der Waals surface area contributed by atoms with Gasteiger partial charge in [0.2, 0.25) is 5.16 Å². The van der Waals surface area contributed by atoms with Gasteiger partial charge in [0.05, 0.1) is 12.1 Å². The Balaban J connectivity index is 1.97. The van der Waals surface area contributed by atoms with Crippen molar-refractivity contribution in [3.63, 3.8) is 0 Å². The van der Waals surface area contributed by atoms with E-state index in [1.165, 1.54) is 16.8 Å². The molecule has 3 rings (SSSR count). The number of nitriles is 1. The van der Waals surface area contributed by atoms with Crippen molar-refractivity contribution >= 4 is 10.8 Å². The predicted octanol–water partition coefficient (Wildman–Crippen LogP) is 2.05. The molecule has 1 aromatic carbocycles. The van der Waals surface area contributed by atoms with Crippen LogP contribution < -0.4 is 0 Å². The van der Waals surface area contributed by atoms with E-state index in [1.807, 2.05) is 0 Å². The monoisotopic (exact) mass is 308 g/mol. The van der Waals surface area contributed by atoms with Crippen LogP contribution in [0.4, 0.5) is 8.78 Å². The summed E-state index contributed by atoms with van der Waals surface area (Å²) < 4.78 is 40.1. The van der Waals surface area contributed by atoms with Crippen molar-refractivity contribution in [2.24, 2.45) is 0 Å². The molecule has 0 fully saturated rings. The van der Waals surface area contributed by atoms with E-state index in [1.54, 1.807) is 18.2 Å². The topological polar surface area (TPSA) is 71.6 Å². The van der Waals surface area contributed by atoms with Crippen LogP contribution in [0.3, 0.4) is 0 Å². The molecule has 108 valence electrons. The van der Waals surface area contributed by atoms with E-state index in [-0.39, 0.29) is 29.0 Å². The summed E-state index contributed by atoms with van der Waals surface area (Å²) >= 11 is 0. The number of fused-ring (bicyclic) bond motifs is 1. The normalized spacial score (nSPS) is 21.8. The molecule has 0 amide bonds. The van der Waals surface area contributed by atoms with E-state index in [9.17, 15) is 13.0 Å². The Bertz CT molecular complexity index is 738. The van der Waals surface area contributed by atoms with Gasteiger partial charge >= 0.3 is 0 Å². The van der Waals surface area contributed by atoms with Gasteiger partial charge in [-0.05, 0) is 17.7 Å². The van der Waals surface area contributed by atoms with Crippen LogP contribution >= 0.6 is 0 Å². The van der Waals surface area contributed by atoms with Crippen LogP contribution in [0.1, 0.15) is 30.0 Å². The number of benzene rings is 1. The zero-order valence-electron chi connectivity index (χ0n) is 10.7. The van der Waals surface area contributed by atoms with E-state index in [0.29, 0.717) is 5.56 Å². The molecule has 1 aromatic heterocycles. The van der Waals surface area contributed by atoms with Crippen molar-refractivity contribution in [3.05, 3.63) is 41.5 Å². The largest absolute Gasteiger partial charge is 0.250 e. The highest BCUT2D eigenvalue weighted by molar-refractivity contribution is 7.85. The number of hydrogen-bond donors (Lipinski definition) is 0. The highest BCUT2D eigenvalue weighted by atomic mass is 32.2. The molecular weight excluding hydrogens is 298 g/mol. The molecule has 8 heteroatoms. The van der Waals surface area contributed by atoms with Gasteiger partial charge in [-0.1, -0.05) is 12.1 Å². The molecular formula is C13H10F2N4OS. The molecule has 0 saturated carbocycles. The molecule has 5 nitrogen and oxygen atoms in total. The molecule has 0 saturated heterocycles. The van der Waals surface area contributed by atoms with Crippen LogP contribution in [0.5, 0.6) is 0 Å². The molecule has 1 aliphatic heterocycles. The molecule has 2 heterocycles. The molecule has 0 radical (unpaired) electrons. The van der Waals surface area contributed by atoms with Crippen molar-refractivity contribution in [3.8, 4) is 6.07 Å². The first-order chi connectivity index (χ1) is 10.1. The summed E-state index contributed by atoms with van der Waals surface area (Å²) in [5.74, 6) is -0.504. The number of hydrogen-bond acceptors (Lipinski definition) is 4. The third-order valence-corrected chi connectivity index (χ3v) is 4.27. The van der Waals surface area contributed by atoms with Crippen LogP contribution in [-0.2, 0) is 10.8 Å². The van der Waals surface area contributed by atoms with E-state index < -0.39 is 23.0 Å². The SMILES string of the molecule is N#CC[S@](=O)c1nc2n(n1)[C@H](c1ccc(F)cc1)C[C@@H]2F. The summed E-state index contributed by atoms with van der Waals surface area (Å²) in [6.45, 7) is 0. The van der Waals surface area contributed by atoms with Crippen molar-refractivity contribution in [2.75, 3.05) is 5.75 Å². The smallest absolute Gasteiger partial charge is 0.240 e. The Morgan fingerprint density at radius 1 is 1.43 bits per heavy atom. The molecule has 0 N–H and O–H groups in total. The third-order valence-electron chi connectivity index (χ3n) is 3.30. The Morgan fingerprint density at radius 2 is 2.14 bits per heavy atom. The lowest BCUT2D eigenvalue weighted by Crippen LogP contribution is -2.08. The number of rotatable bonds is 3. The van der Waals surface area contributed by atoms with Gasteiger partial charge in [0, 0.05) is 6.42 Å². The second-order valence-electron chi connectivity index (χ2n) is 4.62. The lowest BCUT2D eigenvalue weighted by Gasteiger charge is -2.11. The Labute approximate surface area is 121 Å². The second kappa shape index (κ2) is 5.33. The van der Waals surface area contributed by atoms with Crippen molar-refractivity contribution in [2.45, 2.75) is 23.8 Å². The number of aromatic nitrogens is 3. The molecule has 1 aliphatic rings. The van der Waals surface area contributed by atoms with Crippen LogP contribution in [-0.4, -0.2) is 24.7 Å². The van der Waals surface area contributed by atoms with E-state index in [2.05, 4.69) is 10.1 Å². The number of alkyl halides is 1. The van der Waals surface area contributed by atoms with Crippen molar-refractivity contribution in [1.29, 1.82) is 5.26 Å². The van der Waals surface area contributed by atoms with E-state index in [0.717, 1.165) is 0 Å². The van der Waals surface area contributed by atoms with Gasteiger partial charge in [-0.3, -0.25) is 0 Å². The number of halogens is 2. The van der Waals surface area contributed by atoms with E-state index >= 15 is 0 Å². The molecule has 0 spiro atoms. The highest BCUT2D eigenvalue weighted by Crippen LogP contribution is 2.39. The minimum atomic E-state index is -1.66. The first-order valence-electron chi connectivity index (χ1n) is 6.21. The zero-order chi connectivity index (χ0) is 15.0. The fourth-order valence-corrected chi connectivity index (χ4v) is 2.96. The summed E-state index contributed by atoms with van der Waals surface area (Å²) in [5.41, 5.74) is 0.709. The quantitative estimate of drug-likeness (QED) is 0.870. The number of nitrogens with zero attached hydrogens (tertiary/aromatic N) is 4. The van der Waals surface area contributed by atoms with Crippen LogP contribution in [0.2, 0.25) is 0 Å². The van der Waals surface area contributed by atoms with Gasteiger partial charge in [-0.25, -0.2) is 22.7 Å². The maximum absolute atomic E-state index is 14.0. The minimum absolute atomic E-state index is 0.0407. The summed E-state index contributed by atoms with van der Waals surface area (Å²) in [6, 6.07) is 7.09. The van der Waals surface area contributed by atoms with Crippen molar-refractivity contribution < 1.29 is 13.0 Å². The molecule has 0 aliphatic carbocycles. The average Bonchev–Trinajstić information content (AvgIpc) is 3.01. The first kappa shape index (κ1) is 13.8. The van der Waals surface area contributed by atoms with Crippen LogP contribution in [0.15, 0.2) is 29.4 Å². The Morgan fingerprint density at radius 3 is 2.81 bits per heavy atom. The predicted molar refractivity (Wildman–Crippen MR) is 69.9 cm³/mol. The third kappa shape index (κ3) is 2.45. The van der Waals surface area contributed by atoms with Gasteiger partial charge in [0.25, 0.3) is 0 Å². The summed E-state index contributed by atoms with van der Waals surface area (Å²) in [4.78, 5) is 3.94. The lowest BCUT2D eigenvalue weighted by molar-refractivity contribution is 0.327. The van der Waals surface area contributed by atoms with Crippen molar-refractivity contribution in [1.82, 2.24) is 14.8 Å². The highest BCUT2D eigenvalue weighted by Gasteiger charge is 2.36. The van der Waals surface area contributed by atoms with Gasteiger partial charge < -0.3 is 0 Å². The summed E-state index contributed by atoms with van der Waals surface area (Å²) in [5, 5.41) is 12.6. The second-order valence-corrected chi connectivity index (χ2v) is 5.96. The molecule has 3 atom stereocenters. The van der Waals surface area contributed by atoms with Gasteiger partial charge in [-0.2, -0.15) is 5.26 Å². The fourth-order valence-electron chi connectivity index (χ4n) is 2.34. The Hall–Kier alpha value is -2.14.